The maximum atomic E-state index is 5.90. The van der Waals surface area contributed by atoms with Crippen molar-refractivity contribution in [1.29, 1.82) is 0 Å². The van der Waals surface area contributed by atoms with Crippen molar-refractivity contribution in [2.45, 2.75) is 13.2 Å². The van der Waals surface area contributed by atoms with Crippen molar-refractivity contribution < 1.29 is 14.3 Å². The van der Waals surface area contributed by atoms with Gasteiger partial charge in [-0.05, 0) is 29.3 Å². The second-order valence-electron chi connectivity index (χ2n) is 5.68. The number of nitrogens with zero attached hydrogens (tertiary/aromatic N) is 1. The van der Waals surface area contributed by atoms with Crippen molar-refractivity contribution in [3.63, 3.8) is 0 Å². The van der Waals surface area contributed by atoms with Crippen LogP contribution in [-0.4, -0.2) is 13.3 Å². The van der Waals surface area contributed by atoms with Gasteiger partial charge in [0.2, 0.25) is 0 Å². The molecule has 26 heavy (non-hydrogen) atoms. The summed E-state index contributed by atoms with van der Waals surface area (Å²) in [5, 5.41) is 4.03. The molecule has 3 aromatic rings. The highest BCUT2D eigenvalue weighted by molar-refractivity contribution is 5.80. The van der Waals surface area contributed by atoms with E-state index in [2.05, 4.69) is 5.16 Å². The average Bonchev–Trinajstić information content (AvgIpc) is 2.71. The summed E-state index contributed by atoms with van der Waals surface area (Å²) in [6, 6.07) is 25.6. The maximum Gasteiger partial charge on any atom is 0.162 e. The van der Waals surface area contributed by atoms with Gasteiger partial charge >= 0.3 is 0 Å². The van der Waals surface area contributed by atoms with Crippen molar-refractivity contribution in [2.24, 2.45) is 5.16 Å². The van der Waals surface area contributed by atoms with E-state index in [1.54, 1.807) is 13.3 Å². The molecule has 0 aromatic heterocycles. The quantitative estimate of drug-likeness (QED) is 0.433. The van der Waals surface area contributed by atoms with E-state index in [1.165, 1.54) is 0 Å². The van der Waals surface area contributed by atoms with Gasteiger partial charge in [-0.1, -0.05) is 65.8 Å². The van der Waals surface area contributed by atoms with Crippen LogP contribution in [0.1, 0.15) is 16.7 Å². The summed E-state index contributed by atoms with van der Waals surface area (Å²) in [5.74, 6) is 1.35. The van der Waals surface area contributed by atoms with E-state index < -0.39 is 0 Å². The van der Waals surface area contributed by atoms with E-state index in [4.69, 9.17) is 14.3 Å². The minimum Gasteiger partial charge on any atom is -0.493 e. The second kappa shape index (κ2) is 9.28. The minimum absolute atomic E-state index is 0.435. The highest BCUT2D eigenvalue weighted by Crippen LogP contribution is 2.28. The third-order valence-electron chi connectivity index (χ3n) is 3.78. The van der Waals surface area contributed by atoms with Gasteiger partial charge in [-0.25, -0.2) is 0 Å². The van der Waals surface area contributed by atoms with Crippen LogP contribution in [0.3, 0.4) is 0 Å². The van der Waals surface area contributed by atoms with Gasteiger partial charge in [-0.15, -0.1) is 0 Å². The molecule has 0 aliphatic heterocycles. The molecule has 0 saturated carbocycles. The number of rotatable bonds is 8. The van der Waals surface area contributed by atoms with Crippen LogP contribution in [0.25, 0.3) is 0 Å². The first-order valence-electron chi connectivity index (χ1n) is 8.39. The number of benzene rings is 3. The Bertz CT molecular complexity index is 833. The molecule has 4 nitrogen and oxygen atoms in total. The minimum atomic E-state index is 0.435. The number of oxime groups is 1. The number of methoxy groups -OCH3 is 1. The molecule has 0 N–H and O–H groups in total. The Labute approximate surface area is 153 Å². The lowest BCUT2D eigenvalue weighted by atomic mass is 10.2. The maximum absolute atomic E-state index is 5.90. The molecular weight excluding hydrogens is 326 g/mol. The third-order valence-corrected chi connectivity index (χ3v) is 3.78. The van der Waals surface area contributed by atoms with E-state index in [0.29, 0.717) is 24.7 Å². The standard InChI is InChI=1S/C22H21NO3/c1-24-21-13-12-20(15-23-26-17-19-10-6-3-7-11-19)14-22(21)25-16-18-8-4-2-5-9-18/h2-15H,16-17H2,1H3/b23-15+. The molecule has 3 rings (SSSR count). The highest BCUT2D eigenvalue weighted by Gasteiger charge is 2.05. The SMILES string of the molecule is COc1ccc(/C=N/OCc2ccccc2)cc1OCc1ccccc1. The Balaban J connectivity index is 1.61. The molecule has 3 aromatic carbocycles. The molecule has 0 atom stereocenters. The molecule has 0 radical (unpaired) electrons. The monoisotopic (exact) mass is 347 g/mol. The molecule has 0 aliphatic rings. The van der Waals surface area contributed by atoms with Crippen LogP contribution in [0.5, 0.6) is 11.5 Å². The van der Waals surface area contributed by atoms with Crippen molar-refractivity contribution in [1.82, 2.24) is 0 Å². The fraction of sp³-hybridized carbons (Fsp3) is 0.136. The van der Waals surface area contributed by atoms with E-state index in [-0.39, 0.29) is 0 Å². The van der Waals surface area contributed by atoms with Gasteiger partial charge in [0.05, 0.1) is 13.3 Å². The lowest BCUT2D eigenvalue weighted by Gasteiger charge is -2.11. The molecule has 0 heterocycles. The first-order valence-corrected chi connectivity index (χ1v) is 8.39. The highest BCUT2D eigenvalue weighted by atomic mass is 16.6. The molecule has 132 valence electrons. The van der Waals surface area contributed by atoms with E-state index in [1.807, 2.05) is 78.9 Å². The number of hydrogen-bond donors (Lipinski definition) is 0. The molecule has 0 spiro atoms. The normalized spacial score (nSPS) is 10.7. The van der Waals surface area contributed by atoms with Crippen molar-refractivity contribution in [3.8, 4) is 11.5 Å². The van der Waals surface area contributed by atoms with Gasteiger partial charge in [0.1, 0.15) is 13.2 Å². The summed E-state index contributed by atoms with van der Waals surface area (Å²) in [7, 11) is 1.63. The van der Waals surface area contributed by atoms with Crippen molar-refractivity contribution >= 4 is 6.21 Å². The van der Waals surface area contributed by atoms with Crippen molar-refractivity contribution in [3.05, 3.63) is 95.6 Å². The first-order chi connectivity index (χ1) is 12.8. The zero-order valence-corrected chi connectivity index (χ0v) is 14.7. The van der Waals surface area contributed by atoms with E-state index >= 15 is 0 Å². The predicted octanol–water partition coefficient (Wildman–Crippen LogP) is 4.82. The predicted molar refractivity (Wildman–Crippen MR) is 103 cm³/mol. The molecule has 0 aliphatic carbocycles. The third kappa shape index (κ3) is 5.11. The van der Waals surface area contributed by atoms with Crippen LogP contribution in [0.15, 0.2) is 84.0 Å². The Morgan fingerprint density at radius 1 is 0.769 bits per heavy atom. The lowest BCUT2D eigenvalue weighted by Crippen LogP contribution is -1.98. The summed E-state index contributed by atoms with van der Waals surface area (Å²) in [4.78, 5) is 5.35. The zero-order valence-electron chi connectivity index (χ0n) is 14.7. The summed E-state index contributed by atoms with van der Waals surface area (Å²) in [5.41, 5.74) is 3.05. The van der Waals surface area contributed by atoms with E-state index in [0.717, 1.165) is 16.7 Å². The molecule has 4 heteroatoms. The van der Waals surface area contributed by atoms with Crippen LogP contribution in [0.2, 0.25) is 0 Å². The zero-order chi connectivity index (χ0) is 18.0. The van der Waals surface area contributed by atoms with Crippen LogP contribution in [0.4, 0.5) is 0 Å². The van der Waals surface area contributed by atoms with Gasteiger partial charge in [0, 0.05) is 5.56 Å². The van der Waals surface area contributed by atoms with Crippen LogP contribution in [-0.2, 0) is 18.1 Å². The largest absolute Gasteiger partial charge is 0.493 e. The van der Waals surface area contributed by atoms with Crippen LogP contribution < -0.4 is 9.47 Å². The summed E-state index contributed by atoms with van der Waals surface area (Å²) in [6.45, 7) is 0.910. The fourth-order valence-corrected chi connectivity index (χ4v) is 2.41. The molecule has 0 fully saturated rings. The Morgan fingerprint density at radius 2 is 1.42 bits per heavy atom. The van der Waals surface area contributed by atoms with Crippen LogP contribution >= 0.6 is 0 Å². The van der Waals surface area contributed by atoms with Gasteiger partial charge in [0.15, 0.2) is 11.5 Å². The van der Waals surface area contributed by atoms with E-state index in [9.17, 15) is 0 Å². The number of ether oxygens (including phenoxy) is 2. The summed E-state index contributed by atoms with van der Waals surface area (Å²) < 4.78 is 11.3. The smallest absolute Gasteiger partial charge is 0.162 e. The first kappa shape index (κ1) is 17.5. The van der Waals surface area contributed by atoms with Gasteiger partial charge in [0.25, 0.3) is 0 Å². The molecule has 0 saturated heterocycles. The number of hydrogen-bond acceptors (Lipinski definition) is 4. The Morgan fingerprint density at radius 3 is 2.08 bits per heavy atom. The molecular formula is C22H21NO3. The summed E-state index contributed by atoms with van der Waals surface area (Å²) >= 11 is 0. The van der Waals surface area contributed by atoms with Gasteiger partial charge in [-0.3, -0.25) is 0 Å². The topological polar surface area (TPSA) is 40.0 Å². The molecule has 0 amide bonds. The van der Waals surface area contributed by atoms with Crippen LogP contribution in [0, 0.1) is 0 Å². The summed E-state index contributed by atoms with van der Waals surface area (Å²) in [6.07, 6.45) is 1.66. The fourth-order valence-electron chi connectivity index (χ4n) is 2.41. The Kier molecular flexibility index (Phi) is 6.26. The van der Waals surface area contributed by atoms with Gasteiger partial charge < -0.3 is 14.3 Å². The average molecular weight is 347 g/mol. The molecule has 0 bridgehead atoms. The molecule has 0 unspecified atom stereocenters. The Hall–Kier alpha value is -3.27. The second-order valence-corrected chi connectivity index (χ2v) is 5.68. The lowest BCUT2D eigenvalue weighted by molar-refractivity contribution is 0.132. The van der Waals surface area contributed by atoms with Crippen molar-refractivity contribution in [2.75, 3.05) is 7.11 Å². The van der Waals surface area contributed by atoms with Gasteiger partial charge in [-0.2, -0.15) is 0 Å².